The summed E-state index contributed by atoms with van der Waals surface area (Å²) in [5, 5.41) is 11.6. The number of hydrogen-bond donors (Lipinski definition) is 2. The van der Waals surface area contributed by atoms with Crippen molar-refractivity contribution in [3.63, 3.8) is 0 Å². The molecule has 2 aromatic rings. The average Bonchev–Trinajstić information content (AvgIpc) is 3.16. The minimum absolute atomic E-state index is 0.00520. The molecule has 0 spiro atoms. The van der Waals surface area contributed by atoms with Crippen LogP contribution in [0.15, 0.2) is 24.4 Å². The molecule has 0 aliphatic heterocycles. The molecule has 1 amide bonds. The summed E-state index contributed by atoms with van der Waals surface area (Å²) in [6.07, 6.45) is 4.45. The average molecular weight is 286 g/mol. The fourth-order valence-electron chi connectivity index (χ4n) is 2.44. The quantitative estimate of drug-likeness (QED) is 0.858. The van der Waals surface area contributed by atoms with Crippen LogP contribution in [0.25, 0.3) is 10.9 Å². The molecule has 0 bridgehead atoms. The van der Waals surface area contributed by atoms with Crippen LogP contribution < -0.4 is 10.6 Å². The van der Waals surface area contributed by atoms with Gasteiger partial charge in [0, 0.05) is 17.1 Å². The minimum Gasteiger partial charge on any atom is -0.325 e. The standard InChI is InChI=1S/C16H22N4O/c1-11(2)20-15-7-14(6-5-13(15)9-18-20)19-16(21)10-17-8-12-3-4-12/h5-7,9,11-12,17H,3-4,8,10H2,1-2H3,(H,19,21). The van der Waals surface area contributed by atoms with E-state index in [1.807, 2.05) is 29.1 Å². The predicted octanol–water partition coefficient (Wildman–Crippen LogP) is 2.56. The number of carbonyl (C=O) groups excluding carboxylic acids is 1. The van der Waals surface area contributed by atoms with Crippen LogP contribution in [-0.4, -0.2) is 28.8 Å². The van der Waals surface area contributed by atoms with Gasteiger partial charge in [-0.15, -0.1) is 0 Å². The lowest BCUT2D eigenvalue weighted by Gasteiger charge is -2.09. The molecule has 1 aliphatic carbocycles. The number of carbonyl (C=O) groups is 1. The van der Waals surface area contributed by atoms with Gasteiger partial charge in [-0.2, -0.15) is 5.10 Å². The number of hydrogen-bond acceptors (Lipinski definition) is 3. The first-order chi connectivity index (χ1) is 10.1. The van der Waals surface area contributed by atoms with E-state index in [2.05, 4.69) is 29.6 Å². The molecule has 21 heavy (non-hydrogen) atoms. The lowest BCUT2D eigenvalue weighted by Crippen LogP contribution is -2.29. The number of amides is 1. The summed E-state index contributed by atoms with van der Waals surface area (Å²) < 4.78 is 1.97. The number of rotatable bonds is 6. The Morgan fingerprint density at radius 1 is 1.43 bits per heavy atom. The van der Waals surface area contributed by atoms with Crippen molar-refractivity contribution in [2.75, 3.05) is 18.4 Å². The molecule has 1 fully saturated rings. The maximum absolute atomic E-state index is 11.9. The molecule has 112 valence electrons. The summed E-state index contributed by atoms with van der Waals surface area (Å²) in [5.41, 5.74) is 1.87. The van der Waals surface area contributed by atoms with Gasteiger partial charge >= 0.3 is 0 Å². The second kappa shape index (κ2) is 5.85. The normalized spacial score (nSPS) is 14.8. The van der Waals surface area contributed by atoms with Gasteiger partial charge in [0.15, 0.2) is 0 Å². The van der Waals surface area contributed by atoms with Crippen LogP contribution in [0, 0.1) is 5.92 Å². The van der Waals surface area contributed by atoms with Gasteiger partial charge < -0.3 is 10.6 Å². The Bertz CT molecular complexity index is 643. The van der Waals surface area contributed by atoms with Crippen molar-refractivity contribution in [2.45, 2.75) is 32.7 Å². The molecule has 5 nitrogen and oxygen atoms in total. The molecule has 0 radical (unpaired) electrons. The SMILES string of the molecule is CC(C)n1ncc2ccc(NC(=O)CNCC3CC3)cc21. The topological polar surface area (TPSA) is 59.0 Å². The van der Waals surface area contributed by atoms with Gasteiger partial charge in [-0.1, -0.05) is 0 Å². The summed E-state index contributed by atoms with van der Waals surface area (Å²) in [7, 11) is 0. The van der Waals surface area contributed by atoms with E-state index in [0.29, 0.717) is 12.6 Å². The Kier molecular flexibility index (Phi) is 3.92. The van der Waals surface area contributed by atoms with E-state index in [9.17, 15) is 4.79 Å². The highest BCUT2D eigenvalue weighted by Gasteiger charge is 2.20. The number of fused-ring (bicyclic) bond motifs is 1. The van der Waals surface area contributed by atoms with Gasteiger partial charge in [-0.3, -0.25) is 9.48 Å². The van der Waals surface area contributed by atoms with Crippen LogP contribution in [0.4, 0.5) is 5.69 Å². The summed E-state index contributed by atoms with van der Waals surface area (Å²) in [6, 6.07) is 6.21. The maximum atomic E-state index is 11.9. The molecule has 3 rings (SSSR count). The number of anilines is 1. The van der Waals surface area contributed by atoms with E-state index in [0.717, 1.165) is 29.1 Å². The second-order valence-electron chi connectivity index (χ2n) is 6.08. The Hall–Kier alpha value is -1.88. The zero-order chi connectivity index (χ0) is 14.8. The van der Waals surface area contributed by atoms with Crippen LogP contribution in [0.2, 0.25) is 0 Å². The highest BCUT2D eigenvalue weighted by atomic mass is 16.1. The molecule has 5 heteroatoms. The summed E-state index contributed by atoms with van der Waals surface area (Å²) in [5.74, 6) is 0.792. The smallest absolute Gasteiger partial charge is 0.238 e. The van der Waals surface area contributed by atoms with Crippen LogP contribution in [0.1, 0.15) is 32.7 Å². The molecule has 1 aromatic carbocycles. The van der Waals surface area contributed by atoms with E-state index in [4.69, 9.17) is 0 Å². The van der Waals surface area contributed by atoms with E-state index >= 15 is 0 Å². The molecule has 1 heterocycles. The molecule has 1 aromatic heterocycles. The van der Waals surface area contributed by atoms with E-state index in [-0.39, 0.29) is 5.91 Å². The van der Waals surface area contributed by atoms with Crippen LogP contribution in [-0.2, 0) is 4.79 Å². The number of benzene rings is 1. The zero-order valence-corrected chi connectivity index (χ0v) is 12.6. The van der Waals surface area contributed by atoms with E-state index < -0.39 is 0 Å². The third-order valence-corrected chi connectivity index (χ3v) is 3.79. The van der Waals surface area contributed by atoms with Crippen molar-refractivity contribution < 1.29 is 4.79 Å². The Labute approximate surface area is 124 Å². The number of nitrogens with one attached hydrogen (secondary N) is 2. The zero-order valence-electron chi connectivity index (χ0n) is 12.6. The van der Waals surface area contributed by atoms with Crippen molar-refractivity contribution in [1.29, 1.82) is 0 Å². The molecule has 0 atom stereocenters. The minimum atomic E-state index is 0.00520. The van der Waals surface area contributed by atoms with Gasteiger partial charge in [0.05, 0.1) is 18.3 Å². The predicted molar refractivity (Wildman–Crippen MR) is 84.3 cm³/mol. The van der Waals surface area contributed by atoms with Gasteiger partial charge in [0.1, 0.15) is 0 Å². The molecule has 0 saturated heterocycles. The van der Waals surface area contributed by atoms with Crippen molar-refractivity contribution >= 4 is 22.5 Å². The summed E-state index contributed by atoms with van der Waals surface area (Å²) in [6.45, 7) is 5.52. The monoisotopic (exact) mass is 286 g/mol. The van der Waals surface area contributed by atoms with Crippen molar-refractivity contribution in [1.82, 2.24) is 15.1 Å². The van der Waals surface area contributed by atoms with Gasteiger partial charge in [-0.25, -0.2) is 0 Å². The second-order valence-corrected chi connectivity index (χ2v) is 6.08. The van der Waals surface area contributed by atoms with Crippen LogP contribution in [0.5, 0.6) is 0 Å². The Morgan fingerprint density at radius 2 is 2.24 bits per heavy atom. The van der Waals surface area contributed by atoms with Gasteiger partial charge in [-0.05, 0) is 57.4 Å². The van der Waals surface area contributed by atoms with E-state index in [1.54, 1.807) is 0 Å². The molecule has 2 N–H and O–H groups in total. The maximum Gasteiger partial charge on any atom is 0.238 e. The molecule has 1 saturated carbocycles. The van der Waals surface area contributed by atoms with Crippen molar-refractivity contribution in [2.24, 2.45) is 5.92 Å². The Morgan fingerprint density at radius 3 is 2.95 bits per heavy atom. The first kappa shape index (κ1) is 14.1. The highest BCUT2D eigenvalue weighted by Crippen LogP contribution is 2.27. The fourth-order valence-corrected chi connectivity index (χ4v) is 2.44. The summed E-state index contributed by atoms with van der Waals surface area (Å²) in [4.78, 5) is 11.9. The molecular formula is C16H22N4O. The van der Waals surface area contributed by atoms with Crippen molar-refractivity contribution in [3.05, 3.63) is 24.4 Å². The number of aromatic nitrogens is 2. The van der Waals surface area contributed by atoms with Crippen LogP contribution >= 0.6 is 0 Å². The van der Waals surface area contributed by atoms with E-state index in [1.165, 1.54) is 12.8 Å². The first-order valence-corrected chi connectivity index (χ1v) is 7.61. The highest BCUT2D eigenvalue weighted by molar-refractivity contribution is 5.94. The third-order valence-electron chi connectivity index (χ3n) is 3.79. The van der Waals surface area contributed by atoms with Gasteiger partial charge in [0.2, 0.25) is 5.91 Å². The lowest BCUT2D eigenvalue weighted by atomic mass is 10.2. The fraction of sp³-hybridized carbons (Fsp3) is 0.500. The molecular weight excluding hydrogens is 264 g/mol. The lowest BCUT2D eigenvalue weighted by molar-refractivity contribution is -0.115. The van der Waals surface area contributed by atoms with Crippen LogP contribution in [0.3, 0.4) is 0 Å². The first-order valence-electron chi connectivity index (χ1n) is 7.61. The molecule has 1 aliphatic rings. The third kappa shape index (κ3) is 3.42. The Balaban J connectivity index is 1.65. The number of nitrogens with zero attached hydrogens (tertiary/aromatic N) is 2. The largest absolute Gasteiger partial charge is 0.325 e. The molecule has 0 unspecified atom stereocenters. The summed E-state index contributed by atoms with van der Waals surface area (Å²) >= 11 is 0. The van der Waals surface area contributed by atoms with Gasteiger partial charge in [0.25, 0.3) is 0 Å². The van der Waals surface area contributed by atoms with Crippen molar-refractivity contribution in [3.8, 4) is 0 Å².